The van der Waals surface area contributed by atoms with Gasteiger partial charge in [-0.1, -0.05) is 42.2 Å². The first-order valence-corrected chi connectivity index (χ1v) is 7.05. The molecule has 0 radical (unpaired) electrons. The van der Waals surface area contributed by atoms with Crippen molar-refractivity contribution in [2.75, 3.05) is 6.61 Å². The Kier molecular flexibility index (Phi) is 6.33. The molecule has 0 aliphatic carbocycles. The van der Waals surface area contributed by atoms with Crippen LogP contribution in [0.2, 0.25) is 0 Å². The van der Waals surface area contributed by atoms with Crippen LogP contribution < -0.4 is 5.48 Å². The minimum atomic E-state index is -1.10. The topological polar surface area (TPSA) is 78.8 Å². The molecule has 118 valence electrons. The molecule has 0 saturated heterocycles. The molecule has 0 aliphatic rings. The van der Waals surface area contributed by atoms with Crippen molar-refractivity contribution in [1.29, 1.82) is 0 Å². The van der Waals surface area contributed by atoms with Gasteiger partial charge in [0.25, 0.3) is 5.91 Å². The quantitative estimate of drug-likeness (QED) is 0.444. The zero-order valence-corrected chi connectivity index (χ0v) is 12.4. The Bertz CT molecular complexity index is 686. The second kappa shape index (κ2) is 8.71. The van der Waals surface area contributed by atoms with Crippen LogP contribution >= 0.6 is 0 Å². The Morgan fingerprint density at radius 1 is 1.04 bits per heavy atom. The summed E-state index contributed by atoms with van der Waals surface area (Å²) < 4.78 is 5.24. The highest BCUT2D eigenvalue weighted by Gasteiger charge is 2.17. The second-order valence-corrected chi connectivity index (χ2v) is 4.77. The number of rotatable bonds is 5. The van der Waals surface area contributed by atoms with Crippen LogP contribution in [0.25, 0.3) is 0 Å². The van der Waals surface area contributed by atoms with Crippen LogP contribution in [-0.2, 0) is 16.1 Å². The SMILES string of the molecule is O=C(NO)[C@@H](CO)OCc1ccc(C#Cc2ccccc2)cc1. The molecule has 2 rings (SSSR count). The van der Waals surface area contributed by atoms with Gasteiger partial charge < -0.3 is 9.84 Å². The van der Waals surface area contributed by atoms with Gasteiger partial charge in [0.1, 0.15) is 0 Å². The Hall–Kier alpha value is -2.65. The lowest BCUT2D eigenvalue weighted by Crippen LogP contribution is -2.36. The molecule has 0 aliphatic heterocycles. The molecule has 5 nitrogen and oxygen atoms in total. The average Bonchev–Trinajstić information content (AvgIpc) is 2.62. The van der Waals surface area contributed by atoms with Crippen LogP contribution in [0.3, 0.4) is 0 Å². The Labute approximate surface area is 134 Å². The number of hydrogen-bond acceptors (Lipinski definition) is 4. The summed E-state index contributed by atoms with van der Waals surface area (Å²) in [6.07, 6.45) is -1.10. The van der Waals surface area contributed by atoms with E-state index in [2.05, 4.69) is 11.8 Å². The Balaban J connectivity index is 1.95. The first-order valence-electron chi connectivity index (χ1n) is 7.05. The van der Waals surface area contributed by atoms with Crippen LogP contribution in [0.15, 0.2) is 54.6 Å². The minimum Gasteiger partial charge on any atom is -0.393 e. The van der Waals surface area contributed by atoms with Crippen molar-refractivity contribution in [1.82, 2.24) is 5.48 Å². The van der Waals surface area contributed by atoms with E-state index in [0.717, 1.165) is 16.7 Å². The molecule has 2 aromatic rings. The van der Waals surface area contributed by atoms with Gasteiger partial charge in [-0.05, 0) is 29.8 Å². The summed E-state index contributed by atoms with van der Waals surface area (Å²) >= 11 is 0. The number of carbonyl (C=O) groups excluding carboxylic acids is 1. The number of benzene rings is 2. The molecule has 1 atom stereocenters. The van der Waals surface area contributed by atoms with Gasteiger partial charge in [-0.15, -0.1) is 0 Å². The van der Waals surface area contributed by atoms with Gasteiger partial charge in [0.2, 0.25) is 0 Å². The molecule has 23 heavy (non-hydrogen) atoms. The Morgan fingerprint density at radius 2 is 1.65 bits per heavy atom. The summed E-state index contributed by atoms with van der Waals surface area (Å²) in [5, 5.41) is 17.5. The largest absolute Gasteiger partial charge is 0.393 e. The highest BCUT2D eigenvalue weighted by Crippen LogP contribution is 2.07. The molecule has 0 bridgehead atoms. The van der Waals surface area contributed by atoms with Gasteiger partial charge in [-0.3, -0.25) is 10.0 Å². The standard InChI is InChI=1S/C18H17NO4/c20-12-17(18(21)19-22)23-13-16-10-8-15(9-11-16)7-6-14-4-2-1-3-5-14/h1-5,8-11,17,20,22H,12-13H2,(H,19,21)/t17-/m1/s1. The van der Waals surface area contributed by atoms with Crippen molar-refractivity contribution in [2.45, 2.75) is 12.7 Å². The van der Waals surface area contributed by atoms with Crippen molar-refractivity contribution >= 4 is 5.91 Å². The van der Waals surface area contributed by atoms with Crippen molar-refractivity contribution in [3.8, 4) is 11.8 Å². The van der Waals surface area contributed by atoms with Gasteiger partial charge in [0, 0.05) is 11.1 Å². The number of carbonyl (C=O) groups is 1. The maximum absolute atomic E-state index is 11.2. The highest BCUT2D eigenvalue weighted by atomic mass is 16.5. The predicted molar refractivity (Wildman–Crippen MR) is 84.5 cm³/mol. The van der Waals surface area contributed by atoms with Crippen LogP contribution in [0.1, 0.15) is 16.7 Å². The maximum Gasteiger partial charge on any atom is 0.274 e. The van der Waals surface area contributed by atoms with Gasteiger partial charge >= 0.3 is 0 Å². The van der Waals surface area contributed by atoms with Crippen LogP contribution in [0, 0.1) is 11.8 Å². The third-order valence-corrected chi connectivity index (χ3v) is 3.10. The zero-order valence-electron chi connectivity index (χ0n) is 12.4. The molecule has 0 aromatic heterocycles. The van der Waals surface area contributed by atoms with E-state index in [4.69, 9.17) is 15.1 Å². The predicted octanol–water partition coefficient (Wildman–Crippen LogP) is 1.47. The molecular weight excluding hydrogens is 294 g/mol. The fraction of sp³-hybridized carbons (Fsp3) is 0.167. The number of hydrogen-bond donors (Lipinski definition) is 3. The van der Waals surface area contributed by atoms with E-state index < -0.39 is 18.6 Å². The monoisotopic (exact) mass is 311 g/mol. The molecule has 0 spiro atoms. The van der Waals surface area contributed by atoms with E-state index in [1.165, 1.54) is 5.48 Å². The summed E-state index contributed by atoms with van der Waals surface area (Å²) in [6, 6.07) is 17.1. The van der Waals surface area contributed by atoms with Crippen LogP contribution in [0.4, 0.5) is 0 Å². The molecule has 0 saturated carbocycles. The average molecular weight is 311 g/mol. The van der Waals surface area contributed by atoms with Gasteiger partial charge in [0.15, 0.2) is 6.10 Å². The zero-order chi connectivity index (χ0) is 16.5. The number of nitrogens with one attached hydrogen (secondary N) is 1. The molecular formula is C18H17NO4. The first-order chi connectivity index (χ1) is 11.2. The summed E-state index contributed by atoms with van der Waals surface area (Å²) in [7, 11) is 0. The van der Waals surface area contributed by atoms with Crippen LogP contribution in [0.5, 0.6) is 0 Å². The number of amides is 1. The third-order valence-electron chi connectivity index (χ3n) is 3.10. The van der Waals surface area contributed by atoms with Gasteiger partial charge in [-0.25, -0.2) is 5.48 Å². The highest BCUT2D eigenvalue weighted by molar-refractivity contribution is 5.79. The van der Waals surface area contributed by atoms with E-state index in [-0.39, 0.29) is 6.61 Å². The number of ether oxygens (including phenoxy) is 1. The normalized spacial score (nSPS) is 11.2. The van der Waals surface area contributed by atoms with E-state index in [0.29, 0.717) is 0 Å². The molecule has 5 heteroatoms. The maximum atomic E-state index is 11.2. The van der Waals surface area contributed by atoms with Gasteiger partial charge in [0.05, 0.1) is 13.2 Å². The Morgan fingerprint density at radius 3 is 2.22 bits per heavy atom. The van der Waals surface area contributed by atoms with Gasteiger partial charge in [-0.2, -0.15) is 0 Å². The summed E-state index contributed by atoms with van der Waals surface area (Å²) in [5.74, 6) is 5.35. The molecule has 0 heterocycles. The van der Waals surface area contributed by atoms with Crippen molar-refractivity contribution < 1.29 is 19.8 Å². The van der Waals surface area contributed by atoms with Crippen molar-refractivity contribution in [3.63, 3.8) is 0 Å². The summed E-state index contributed by atoms with van der Waals surface area (Å²) in [5.41, 5.74) is 4.09. The van der Waals surface area contributed by atoms with E-state index in [1.54, 1.807) is 0 Å². The molecule has 1 amide bonds. The summed E-state index contributed by atoms with van der Waals surface area (Å²) in [4.78, 5) is 11.2. The van der Waals surface area contributed by atoms with Crippen molar-refractivity contribution in [2.24, 2.45) is 0 Å². The first kappa shape index (κ1) is 16.7. The molecule has 3 N–H and O–H groups in total. The lowest BCUT2D eigenvalue weighted by atomic mass is 10.1. The summed E-state index contributed by atoms with van der Waals surface area (Å²) in [6.45, 7) is -0.363. The van der Waals surface area contributed by atoms with E-state index in [1.807, 2.05) is 54.6 Å². The number of aliphatic hydroxyl groups excluding tert-OH is 1. The molecule has 0 fully saturated rings. The third kappa shape index (κ3) is 5.24. The lowest BCUT2D eigenvalue weighted by Gasteiger charge is -2.13. The fourth-order valence-corrected chi connectivity index (χ4v) is 1.83. The minimum absolute atomic E-state index is 0.144. The number of aliphatic hydroxyl groups is 1. The van der Waals surface area contributed by atoms with Crippen LogP contribution in [-0.4, -0.2) is 28.9 Å². The van der Waals surface area contributed by atoms with E-state index >= 15 is 0 Å². The number of hydroxylamine groups is 1. The second-order valence-electron chi connectivity index (χ2n) is 4.77. The smallest absolute Gasteiger partial charge is 0.274 e. The van der Waals surface area contributed by atoms with Crippen molar-refractivity contribution in [3.05, 3.63) is 71.3 Å². The fourth-order valence-electron chi connectivity index (χ4n) is 1.83. The molecule has 2 aromatic carbocycles. The lowest BCUT2D eigenvalue weighted by molar-refractivity contribution is -0.144. The van der Waals surface area contributed by atoms with E-state index in [9.17, 15) is 4.79 Å². The molecule has 0 unspecified atom stereocenters.